The van der Waals surface area contributed by atoms with Gasteiger partial charge in [-0.05, 0) is 24.6 Å². The summed E-state index contributed by atoms with van der Waals surface area (Å²) in [5, 5.41) is 4.09. The van der Waals surface area contributed by atoms with Crippen molar-refractivity contribution in [3.63, 3.8) is 0 Å². The zero-order chi connectivity index (χ0) is 13.1. The summed E-state index contributed by atoms with van der Waals surface area (Å²) in [4.78, 5) is 15.2. The number of hydrogen-bond donors (Lipinski definition) is 0. The van der Waals surface area contributed by atoms with E-state index in [2.05, 4.69) is 10.1 Å². The van der Waals surface area contributed by atoms with Crippen LogP contribution in [0.15, 0.2) is 29.1 Å². The van der Waals surface area contributed by atoms with Gasteiger partial charge in [-0.3, -0.25) is 4.79 Å². The molecule has 0 aliphatic heterocycles. The van der Waals surface area contributed by atoms with Crippen LogP contribution in [0.4, 0.5) is 4.39 Å². The predicted molar refractivity (Wildman–Crippen MR) is 67.0 cm³/mol. The van der Waals surface area contributed by atoms with Crippen molar-refractivity contribution in [2.24, 2.45) is 0 Å². The highest BCUT2D eigenvalue weighted by Gasteiger charge is 2.07. The maximum Gasteiger partial charge on any atom is 0.266 e. The molecule has 0 fully saturated rings. The quantitative estimate of drug-likeness (QED) is 0.803. The molecule has 0 unspecified atom stereocenters. The summed E-state index contributed by atoms with van der Waals surface area (Å²) >= 11 is 5.56. The van der Waals surface area contributed by atoms with E-state index < -0.39 is 5.95 Å². The molecule has 2 rings (SSSR count). The van der Waals surface area contributed by atoms with Gasteiger partial charge in [0.2, 0.25) is 5.95 Å². The van der Waals surface area contributed by atoms with Gasteiger partial charge in [-0.2, -0.15) is 9.49 Å². The highest BCUT2D eigenvalue weighted by molar-refractivity contribution is 6.30. The first-order valence-electron chi connectivity index (χ1n) is 5.52. The Labute approximate surface area is 108 Å². The van der Waals surface area contributed by atoms with Crippen LogP contribution in [0.5, 0.6) is 0 Å². The van der Waals surface area contributed by atoms with E-state index in [1.54, 1.807) is 6.07 Å². The summed E-state index contributed by atoms with van der Waals surface area (Å²) in [5.41, 5.74) is 0.607. The van der Waals surface area contributed by atoms with Crippen molar-refractivity contribution in [3.05, 3.63) is 45.6 Å². The molecule has 0 atom stereocenters. The molecule has 94 valence electrons. The minimum absolute atomic E-state index is 0.0411. The van der Waals surface area contributed by atoms with E-state index in [1.807, 2.05) is 6.92 Å². The van der Waals surface area contributed by atoms with Gasteiger partial charge in [0.05, 0.1) is 10.7 Å². The number of aromatic nitrogens is 3. The van der Waals surface area contributed by atoms with E-state index in [1.165, 1.54) is 22.9 Å². The van der Waals surface area contributed by atoms with Crippen LogP contribution in [0.1, 0.15) is 13.3 Å². The van der Waals surface area contributed by atoms with Crippen molar-refractivity contribution in [3.8, 4) is 11.4 Å². The number of rotatable bonds is 3. The van der Waals surface area contributed by atoms with Gasteiger partial charge >= 0.3 is 0 Å². The van der Waals surface area contributed by atoms with E-state index in [4.69, 9.17) is 11.6 Å². The molecule has 0 N–H and O–H groups in total. The Hall–Kier alpha value is -1.75. The number of halogens is 2. The molecule has 0 amide bonds. The van der Waals surface area contributed by atoms with Crippen LogP contribution < -0.4 is 5.56 Å². The van der Waals surface area contributed by atoms with Gasteiger partial charge in [0.25, 0.3) is 5.56 Å². The average molecular weight is 268 g/mol. The number of hydrogen-bond acceptors (Lipinski definition) is 3. The first-order chi connectivity index (χ1) is 8.61. The summed E-state index contributed by atoms with van der Waals surface area (Å²) in [6, 6.07) is 5.89. The van der Waals surface area contributed by atoms with Gasteiger partial charge < -0.3 is 0 Å². The Kier molecular flexibility index (Phi) is 3.72. The predicted octanol–water partition coefficient (Wildman–Crippen LogP) is 2.51. The van der Waals surface area contributed by atoms with Gasteiger partial charge in [-0.25, -0.2) is 9.67 Å². The topological polar surface area (TPSA) is 47.8 Å². The lowest BCUT2D eigenvalue weighted by Gasteiger charge is -2.05. The number of pyridine rings is 1. The van der Waals surface area contributed by atoms with Crippen molar-refractivity contribution in [2.75, 3.05) is 0 Å². The van der Waals surface area contributed by atoms with Gasteiger partial charge in [-0.15, -0.1) is 0 Å². The van der Waals surface area contributed by atoms with E-state index in [0.29, 0.717) is 17.9 Å². The molecular formula is C12H11ClFN3O. The maximum atomic E-state index is 13.3. The maximum absolute atomic E-state index is 13.3. The van der Waals surface area contributed by atoms with Gasteiger partial charge in [0.15, 0.2) is 0 Å². The fourth-order valence-corrected chi connectivity index (χ4v) is 1.62. The van der Waals surface area contributed by atoms with E-state index >= 15 is 0 Å². The molecule has 0 aromatic carbocycles. The Balaban J connectivity index is 2.47. The zero-order valence-corrected chi connectivity index (χ0v) is 10.5. The first kappa shape index (κ1) is 12.7. The summed E-state index contributed by atoms with van der Waals surface area (Å²) in [6.45, 7) is 2.46. The van der Waals surface area contributed by atoms with Crippen molar-refractivity contribution in [1.29, 1.82) is 0 Å². The molecule has 0 saturated heterocycles. The van der Waals surface area contributed by atoms with Crippen LogP contribution in [-0.4, -0.2) is 14.8 Å². The van der Waals surface area contributed by atoms with Crippen LogP contribution in [0, 0.1) is 5.95 Å². The second-order valence-corrected chi connectivity index (χ2v) is 4.16. The normalized spacial score (nSPS) is 10.6. The molecule has 0 saturated carbocycles. The van der Waals surface area contributed by atoms with Crippen molar-refractivity contribution in [1.82, 2.24) is 14.8 Å². The minimum atomic E-state index is -0.746. The third-order valence-corrected chi connectivity index (χ3v) is 2.65. The lowest BCUT2D eigenvalue weighted by molar-refractivity contribution is 0.566. The molecule has 0 aliphatic carbocycles. The van der Waals surface area contributed by atoms with E-state index in [-0.39, 0.29) is 10.6 Å². The Bertz CT molecular complexity index is 627. The largest absolute Gasteiger partial charge is 0.268 e. The van der Waals surface area contributed by atoms with Crippen LogP contribution in [0.2, 0.25) is 5.02 Å². The number of aryl methyl sites for hydroxylation is 1. The second kappa shape index (κ2) is 5.27. The zero-order valence-electron chi connectivity index (χ0n) is 9.73. The van der Waals surface area contributed by atoms with Crippen LogP contribution in [-0.2, 0) is 6.54 Å². The molecule has 0 bridgehead atoms. The van der Waals surface area contributed by atoms with Crippen molar-refractivity contribution < 1.29 is 4.39 Å². The third-order valence-electron chi connectivity index (χ3n) is 2.37. The molecule has 2 heterocycles. The standard InChI is InChI=1S/C12H11ClFN3O/c1-2-7-17-11(18)6-5-10(16-17)9-4-3-8(13)12(14)15-9/h3-6H,2,7H2,1H3. The average Bonchev–Trinajstić information content (AvgIpc) is 2.36. The molecule has 0 aliphatic rings. The fraction of sp³-hybridized carbons (Fsp3) is 0.250. The Morgan fingerprint density at radius 2 is 2.00 bits per heavy atom. The fourth-order valence-electron chi connectivity index (χ4n) is 1.52. The lowest BCUT2D eigenvalue weighted by Crippen LogP contribution is -2.22. The third kappa shape index (κ3) is 2.56. The summed E-state index contributed by atoms with van der Waals surface area (Å²) < 4.78 is 14.6. The molecule has 0 spiro atoms. The van der Waals surface area contributed by atoms with E-state index in [9.17, 15) is 9.18 Å². The molecule has 2 aromatic heterocycles. The highest BCUT2D eigenvalue weighted by atomic mass is 35.5. The second-order valence-electron chi connectivity index (χ2n) is 3.75. The van der Waals surface area contributed by atoms with Crippen molar-refractivity contribution >= 4 is 11.6 Å². The van der Waals surface area contributed by atoms with Gasteiger partial charge in [0.1, 0.15) is 5.69 Å². The summed E-state index contributed by atoms with van der Waals surface area (Å²) in [5.74, 6) is -0.746. The Morgan fingerprint density at radius 3 is 2.67 bits per heavy atom. The van der Waals surface area contributed by atoms with Crippen LogP contribution >= 0.6 is 11.6 Å². The molecule has 6 heteroatoms. The smallest absolute Gasteiger partial charge is 0.266 e. The van der Waals surface area contributed by atoms with Crippen LogP contribution in [0.3, 0.4) is 0 Å². The monoisotopic (exact) mass is 267 g/mol. The first-order valence-corrected chi connectivity index (χ1v) is 5.90. The summed E-state index contributed by atoms with van der Waals surface area (Å²) in [6.07, 6.45) is 0.790. The molecule has 4 nitrogen and oxygen atoms in total. The SMILES string of the molecule is CCCn1nc(-c2ccc(Cl)c(F)n2)ccc1=O. The lowest BCUT2D eigenvalue weighted by atomic mass is 10.2. The van der Waals surface area contributed by atoms with E-state index in [0.717, 1.165) is 6.42 Å². The molecule has 2 aromatic rings. The van der Waals surface area contributed by atoms with Crippen LogP contribution in [0.25, 0.3) is 11.4 Å². The molecule has 0 radical (unpaired) electrons. The number of nitrogens with zero attached hydrogens (tertiary/aromatic N) is 3. The highest BCUT2D eigenvalue weighted by Crippen LogP contribution is 2.18. The van der Waals surface area contributed by atoms with Gasteiger partial charge in [-0.1, -0.05) is 18.5 Å². The van der Waals surface area contributed by atoms with Gasteiger partial charge in [0, 0.05) is 12.6 Å². The summed E-state index contributed by atoms with van der Waals surface area (Å²) in [7, 11) is 0. The molecule has 18 heavy (non-hydrogen) atoms. The molecular weight excluding hydrogens is 257 g/mol. The van der Waals surface area contributed by atoms with Crippen molar-refractivity contribution in [2.45, 2.75) is 19.9 Å². The Morgan fingerprint density at radius 1 is 1.28 bits per heavy atom. The minimum Gasteiger partial charge on any atom is -0.268 e.